The van der Waals surface area contributed by atoms with E-state index >= 15 is 0 Å². The average molecular weight is 523 g/mol. The molecule has 0 bridgehead atoms. The van der Waals surface area contributed by atoms with E-state index in [1.54, 1.807) is 4.90 Å². The van der Waals surface area contributed by atoms with Gasteiger partial charge in [-0.25, -0.2) is 9.97 Å². The summed E-state index contributed by atoms with van der Waals surface area (Å²) in [4.78, 5) is 35.9. The molecule has 1 saturated carbocycles. The molecule has 0 spiro atoms. The van der Waals surface area contributed by atoms with E-state index in [0.717, 1.165) is 69.2 Å². The van der Waals surface area contributed by atoms with Crippen LogP contribution in [-0.4, -0.2) is 102 Å². The molecule has 1 aliphatic carbocycles. The molecule has 1 unspecified atom stereocenters. The molecule has 4 heterocycles. The molecular weight excluding hydrogens is 480 g/mol. The third kappa shape index (κ3) is 6.02. The van der Waals surface area contributed by atoms with E-state index in [1.807, 2.05) is 32.6 Å². The van der Waals surface area contributed by atoms with Crippen molar-refractivity contribution in [1.29, 1.82) is 0 Å². The molecule has 0 radical (unpaired) electrons. The molecule has 1 N–H and O–H groups in total. The number of hydrogen-bond donors (Lipinski definition) is 1. The minimum absolute atomic E-state index is 0.131. The maximum atomic E-state index is 13.0. The summed E-state index contributed by atoms with van der Waals surface area (Å²) in [6.07, 6.45) is 9.35. The van der Waals surface area contributed by atoms with Crippen molar-refractivity contribution < 1.29 is 9.53 Å². The molecule has 1 atom stereocenters. The number of carbonyl (C=O) groups is 1. The number of likely N-dealkylation sites (N-methyl/N-ethyl adjacent to an activating group) is 1. The van der Waals surface area contributed by atoms with Crippen LogP contribution in [0.3, 0.4) is 0 Å². The zero-order chi connectivity index (χ0) is 26.6. The molecule has 5 rings (SSSR count). The van der Waals surface area contributed by atoms with Gasteiger partial charge in [0.05, 0.1) is 24.6 Å². The van der Waals surface area contributed by atoms with Crippen LogP contribution in [0.4, 0.5) is 23.3 Å². The Balaban J connectivity index is 1.22. The van der Waals surface area contributed by atoms with Crippen LogP contribution in [0.5, 0.6) is 0 Å². The maximum absolute atomic E-state index is 13.0. The minimum Gasteiger partial charge on any atom is -0.377 e. The number of anilines is 4. The predicted molar refractivity (Wildman–Crippen MR) is 150 cm³/mol. The Kier molecular flexibility index (Phi) is 8.28. The van der Waals surface area contributed by atoms with Crippen LogP contribution in [0.25, 0.3) is 0 Å². The molecule has 3 aliphatic rings. The molecule has 38 heavy (non-hydrogen) atoms. The number of amides is 1. The van der Waals surface area contributed by atoms with E-state index in [0.29, 0.717) is 24.2 Å². The van der Waals surface area contributed by atoms with Gasteiger partial charge in [0.25, 0.3) is 0 Å². The van der Waals surface area contributed by atoms with Crippen molar-refractivity contribution in [2.45, 2.75) is 64.1 Å². The number of nitrogens with zero attached hydrogens (tertiary/aromatic N) is 7. The highest BCUT2D eigenvalue weighted by Gasteiger charge is 2.41. The highest BCUT2D eigenvalue weighted by Crippen LogP contribution is 2.38. The van der Waals surface area contributed by atoms with Crippen molar-refractivity contribution in [2.24, 2.45) is 0 Å². The number of fused-ring (bicyclic) bond motifs is 1. The zero-order valence-corrected chi connectivity index (χ0v) is 23.3. The number of hydrogen-bond acceptors (Lipinski definition) is 9. The summed E-state index contributed by atoms with van der Waals surface area (Å²) in [6, 6.07) is 4.25. The number of carbonyl (C=O) groups excluding carboxylic acids is 1. The van der Waals surface area contributed by atoms with Gasteiger partial charge in [-0.3, -0.25) is 9.69 Å². The quantitative estimate of drug-likeness (QED) is 0.534. The summed E-state index contributed by atoms with van der Waals surface area (Å²) in [5, 5.41) is 3.29. The monoisotopic (exact) mass is 522 g/mol. The van der Waals surface area contributed by atoms with Gasteiger partial charge < -0.3 is 24.8 Å². The Morgan fingerprint density at radius 1 is 1.11 bits per heavy atom. The highest BCUT2D eigenvalue weighted by atomic mass is 16.5. The number of ether oxygens (including phenoxy) is 1. The van der Waals surface area contributed by atoms with Crippen LogP contribution < -0.4 is 15.1 Å². The van der Waals surface area contributed by atoms with Gasteiger partial charge in [0, 0.05) is 71.0 Å². The highest BCUT2D eigenvalue weighted by molar-refractivity contribution is 5.87. The van der Waals surface area contributed by atoms with E-state index in [4.69, 9.17) is 9.72 Å². The lowest BCUT2D eigenvalue weighted by Crippen LogP contribution is -2.49. The van der Waals surface area contributed by atoms with Gasteiger partial charge in [-0.15, -0.1) is 0 Å². The normalized spacial score (nSPS) is 20.3. The van der Waals surface area contributed by atoms with Gasteiger partial charge >= 0.3 is 0 Å². The van der Waals surface area contributed by atoms with Gasteiger partial charge in [0.15, 0.2) is 0 Å². The third-order valence-electron chi connectivity index (χ3n) is 7.86. The molecule has 2 aromatic heterocycles. The summed E-state index contributed by atoms with van der Waals surface area (Å²) in [5.74, 6) is 2.25. The summed E-state index contributed by atoms with van der Waals surface area (Å²) in [6.45, 7) is 9.94. The van der Waals surface area contributed by atoms with Crippen molar-refractivity contribution >= 4 is 29.2 Å². The Hall–Kier alpha value is -2.98. The van der Waals surface area contributed by atoms with Crippen LogP contribution in [-0.2, 0) is 16.0 Å². The molecule has 2 aromatic rings. The lowest BCUT2D eigenvalue weighted by Gasteiger charge is -2.36. The first-order valence-corrected chi connectivity index (χ1v) is 14.1. The second-order valence-electron chi connectivity index (χ2n) is 11.1. The summed E-state index contributed by atoms with van der Waals surface area (Å²) in [7, 11) is 3.66. The predicted octanol–water partition coefficient (Wildman–Crippen LogP) is 2.92. The van der Waals surface area contributed by atoms with Crippen LogP contribution >= 0.6 is 0 Å². The van der Waals surface area contributed by atoms with Crippen LogP contribution in [0.15, 0.2) is 24.5 Å². The Labute approximate surface area is 226 Å². The van der Waals surface area contributed by atoms with Crippen LogP contribution in [0, 0.1) is 0 Å². The van der Waals surface area contributed by atoms with E-state index < -0.39 is 0 Å². The number of nitrogens with one attached hydrogen (secondary N) is 1. The lowest BCUT2D eigenvalue weighted by atomic mass is 10.1. The first-order chi connectivity index (χ1) is 18.4. The molecule has 10 nitrogen and oxygen atoms in total. The topological polar surface area (TPSA) is 90.0 Å². The molecule has 10 heteroatoms. The van der Waals surface area contributed by atoms with Crippen LogP contribution in [0.2, 0.25) is 0 Å². The van der Waals surface area contributed by atoms with Crippen molar-refractivity contribution in [1.82, 2.24) is 24.8 Å². The van der Waals surface area contributed by atoms with Crippen molar-refractivity contribution in [2.75, 3.05) is 68.5 Å². The second kappa shape index (κ2) is 11.8. The third-order valence-corrected chi connectivity index (χ3v) is 7.86. The molecule has 0 aromatic carbocycles. The molecule has 1 saturated heterocycles. The lowest BCUT2D eigenvalue weighted by molar-refractivity contribution is -0.130. The van der Waals surface area contributed by atoms with Gasteiger partial charge in [-0.1, -0.05) is 12.8 Å². The summed E-state index contributed by atoms with van der Waals surface area (Å²) < 4.78 is 5.70. The fraction of sp³-hybridized carbons (Fsp3) is 0.643. The maximum Gasteiger partial charge on any atom is 0.245 e. The zero-order valence-electron chi connectivity index (χ0n) is 23.3. The first-order valence-electron chi connectivity index (χ1n) is 14.1. The number of rotatable bonds is 9. The number of piperazine rings is 1. The molecular formula is C28H42N8O2. The Morgan fingerprint density at radius 2 is 1.87 bits per heavy atom. The molecule has 206 valence electrons. The van der Waals surface area contributed by atoms with Crippen molar-refractivity contribution in [3.8, 4) is 0 Å². The molecule has 2 aliphatic heterocycles. The average Bonchev–Trinajstić information content (AvgIpc) is 3.56. The minimum atomic E-state index is -0.201. The van der Waals surface area contributed by atoms with Gasteiger partial charge in [-0.05, 0) is 38.8 Å². The van der Waals surface area contributed by atoms with Gasteiger partial charge in [-0.2, -0.15) is 4.98 Å². The SMILES string of the molecule is CC(C)OCCN1CCN(c2ccc(Nc3ncc4c(n3)N(C3CCCC3)C(C(=O)N(C)C)C4)nc2)CC1. The van der Waals surface area contributed by atoms with Crippen molar-refractivity contribution in [3.05, 3.63) is 30.1 Å². The fourth-order valence-electron chi connectivity index (χ4n) is 5.80. The molecule has 1 amide bonds. The first kappa shape index (κ1) is 26.6. The summed E-state index contributed by atoms with van der Waals surface area (Å²) >= 11 is 0. The van der Waals surface area contributed by atoms with E-state index in [1.165, 1.54) is 12.8 Å². The second-order valence-corrected chi connectivity index (χ2v) is 11.1. The number of aromatic nitrogens is 3. The van der Waals surface area contributed by atoms with Crippen LogP contribution in [0.1, 0.15) is 45.1 Å². The van der Waals surface area contributed by atoms with E-state index in [2.05, 4.69) is 49.9 Å². The largest absolute Gasteiger partial charge is 0.377 e. The fourth-order valence-corrected chi connectivity index (χ4v) is 5.80. The standard InChI is InChI=1S/C28H42N8O2/c1-20(2)38-16-15-34-11-13-35(14-12-34)23-9-10-25(29-19-23)31-28-30-18-21-17-24(27(37)33(3)4)36(26(21)32-28)22-7-5-6-8-22/h9-10,18-20,22,24H,5-8,11-17H2,1-4H3,(H,29,30,31,32). The Morgan fingerprint density at radius 3 is 2.53 bits per heavy atom. The summed E-state index contributed by atoms with van der Waals surface area (Å²) in [5.41, 5.74) is 2.17. The molecule has 2 fully saturated rings. The van der Waals surface area contributed by atoms with Gasteiger partial charge in [0.1, 0.15) is 17.7 Å². The number of pyridine rings is 1. The van der Waals surface area contributed by atoms with E-state index in [9.17, 15) is 4.79 Å². The smallest absolute Gasteiger partial charge is 0.245 e. The van der Waals surface area contributed by atoms with Crippen molar-refractivity contribution in [3.63, 3.8) is 0 Å². The van der Waals surface area contributed by atoms with E-state index in [-0.39, 0.29) is 18.1 Å². The Bertz CT molecular complexity index is 1080. The van der Waals surface area contributed by atoms with Gasteiger partial charge in [0.2, 0.25) is 11.9 Å².